The number of rotatable bonds is 8. The van der Waals surface area contributed by atoms with Crippen molar-refractivity contribution >= 4 is 22.7 Å². The molecule has 0 bridgehead atoms. The van der Waals surface area contributed by atoms with Crippen LogP contribution in [0.4, 0.5) is 0 Å². The standard InChI is InChI=1S/C18H19NO4S/c20-17(13-14-7-3-1-4-8-14)19-16(18(21)22)11-12-24(23)15-9-5-2-6-10-15/h1-10,16H,11-13H2,(H,19,20)(H,21,22)/t16-,24+/m1/s1. The van der Waals surface area contributed by atoms with Crippen LogP contribution in [0.15, 0.2) is 65.6 Å². The highest BCUT2D eigenvalue weighted by Crippen LogP contribution is 2.08. The lowest BCUT2D eigenvalue weighted by molar-refractivity contribution is -0.141. The summed E-state index contributed by atoms with van der Waals surface area (Å²) >= 11 is 0. The van der Waals surface area contributed by atoms with E-state index >= 15 is 0 Å². The minimum Gasteiger partial charge on any atom is -0.480 e. The van der Waals surface area contributed by atoms with Crippen LogP contribution < -0.4 is 5.32 Å². The summed E-state index contributed by atoms with van der Waals surface area (Å²) in [6, 6.07) is 16.9. The molecule has 2 rings (SSSR count). The van der Waals surface area contributed by atoms with Crippen molar-refractivity contribution in [2.24, 2.45) is 0 Å². The third kappa shape index (κ3) is 5.62. The van der Waals surface area contributed by atoms with Gasteiger partial charge in [0.05, 0.1) is 17.2 Å². The molecule has 24 heavy (non-hydrogen) atoms. The van der Waals surface area contributed by atoms with Gasteiger partial charge in [-0.3, -0.25) is 9.00 Å². The van der Waals surface area contributed by atoms with Crippen LogP contribution in [0, 0.1) is 0 Å². The number of amides is 1. The van der Waals surface area contributed by atoms with Gasteiger partial charge in [0.2, 0.25) is 5.91 Å². The van der Waals surface area contributed by atoms with Crippen LogP contribution in [0.1, 0.15) is 12.0 Å². The van der Waals surface area contributed by atoms with Gasteiger partial charge < -0.3 is 10.4 Å². The number of carboxylic acid groups (broad SMARTS) is 1. The summed E-state index contributed by atoms with van der Waals surface area (Å²) in [5, 5.41) is 11.8. The Morgan fingerprint density at radius 1 is 1.00 bits per heavy atom. The Hall–Kier alpha value is -2.47. The molecule has 126 valence electrons. The van der Waals surface area contributed by atoms with Crippen molar-refractivity contribution in [3.63, 3.8) is 0 Å². The lowest BCUT2D eigenvalue weighted by atomic mass is 10.1. The molecule has 2 aromatic rings. The third-order valence-electron chi connectivity index (χ3n) is 3.44. The summed E-state index contributed by atoms with van der Waals surface area (Å²) in [4.78, 5) is 24.0. The Morgan fingerprint density at radius 3 is 2.17 bits per heavy atom. The van der Waals surface area contributed by atoms with Crippen molar-refractivity contribution in [3.8, 4) is 0 Å². The van der Waals surface area contributed by atoms with Gasteiger partial charge in [-0.2, -0.15) is 0 Å². The van der Waals surface area contributed by atoms with E-state index in [0.717, 1.165) is 5.56 Å². The van der Waals surface area contributed by atoms with Crippen LogP contribution in [0.3, 0.4) is 0 Å². The van der Waals surface area contributed by atoms with Crippen molar-refractivity contribution in [1.82, 2.24) is 5.32 Å². The molecule has 0 fully saturated rings. The normalized spacial score (nSPS) is 13.0. The van der Waals surface area contributed by atoms with Gasteiger partial charge in [-0.1, -0.05) is 48.5 Å². The van der Waals surface area contributed by atoms with Crippen molar-refractivity contribution < 1.29 is 18.9 Å². The van der Waals surface area contributed by atoms with E-state index in [-0.39, 0.29) is 24.5 Å². The summed E-state index contributed by atoms with van der Waals surface area (Å²) in [6.45, 7) is 0. The highest BCUT2D eigenvalue weighted by atomic mass is 32.2. The van der Waals surface area contributed by atoms with E-state index in [0.29, 0.717) is 4.90 Å². The second-order valence-electron chi connectivity index (χ2n) is 5.27. The third-order valence-corrected chi connectivity index (χ3v) is 4.84. The first kappa shape index (κ1) is 17.9. The topological polar surface area (TPSA) is 83.5 Å². The average Bonchev–Trinajstić information content (AvgIpc) is 2.59. The first-order chi connectivity index (χ1) is 11.6. The highest BCUT2D eigenvalue weighted by molar-refractivity contribution is 7.85. The number of carboxylic acids is 1. The number of carbonyl (C=O) groups excluding carboxylic acids is 1. The molecule has 0 unspecified atom stereocenters. The number of aliphatic carboxylic acids is 1. The summed E-state index contributed by atoms with van der Waals surface area (Å²) in [7, 11) is -1.29. The lowest BCUT2D eigenvalue weighted by Gasteiger charge is -2.14. The maximum absolute atomic E-state index is 12.2. The second kappa shape index (κ2) is 8.98. The monoisotopic (exact) mass is 345 g/mol. The quantitative estimate of drug-likeness (QED) is 0.766. The number of benzene rings is 2. The fraction of sp³-hybridized carbons (Fsp3) is 0.222. The minimum absolute atomic E-state index is 0.109. The zero-order valence-electron chi connectivity index (χ0n) is 13.1. The van der Waals surface area contributed by atoms with Crippen LogP contribution >= 0.6 is 0 Å². The van der Waals surface area contributed by atoms with E-state index in [9.17, 15) is 18.9 Å². The van der Waals surface area contributed by atoms with E-state index in [4.69, 9.17) is 0 Å². The van der Waals surface area contributed by atoms with Gasteiger partial charge in [0, 0.05) is 10.6 Å². The molecule has 2 N–H and O–H groups in total. The van der Waals surface area contributed by atoms with E-state index in [2.05, 4.69) is 5.32 Å². The molecule has 0 aliphatic rings. The van der Waals surface area contributed by atoms with Crippen LogP contribution in [0.5, 0.6) is 0 Å². The molecule has 5 nitrogen and oxygen atoms in total. The molecule has 0 aromatic heterocycles. The maximum Gasteiger partial charge on any atom is 0.326 e. The Bertz CT molecular complexity index is 703. The summed E-state index contributed by atoms with van der Waals surface area (Å²) in [5.74, 6) is -1.31. The van der Waals surface area contributed by atoms with Gasteiger partial charge in [0.1, 0.15) is 6.04 Å². The van der Waals surface area contributed by atoms with Crippen molar-refractivity contribution in [2.45, 2.75) is 23.8 Å². The molecule has 0 aliphatic carbocycles. The minimum atomic E-state index is -1.29. The Kier molecular flexibility index (Phi) is 6.69. The molecule has 0 saturated heterocycles. The van der Waals surface area contributed by atoms with Crippen molar-refractivity contribution in [3.05, 3.63) is 66.2 Å². The maximum atomic E-state index is 12.2. The second-order valence-corrected chi connectivity index (χ2v) is 6.84. The first-order valence-corrected chi connectivity index (χ1v) is 8.87. The van der Waals surface area contributed by atoms with E-state index < -0.39 is 22.8 Å². The Balaban J connectivity index is 1.89. The number of nitrogens with one attached hydrogen (secondary N) is 1. The SMILES string of the molecule is O=C(Cc1ccccc1)N[C@H](CC[S@](=O)c1ccccc1)C(=O)O. The number of carbonyl (C=O) groups is 2. The van der Waals surface area contributed by atoms with Crippen LogP contribution in [0.25, 0.3) is 0 Å². The largest absolute Gasteiger partial charge is 0.480 e. The highest BCUT2D eigenvalue weighted by Gasteiger charge is 2.21. The van der Waals surface area contributed by atoms with E-state index in [1.165, 1.54) is 0 Å². The molecule has 1 amide bonds. The summed E-state index contributed by atoms with van der Waals surface area (Å²) in [5.41, 5.74) is 0.812. The zero-order valence-corrected chi connectivity index (χ0v) is 13.9. The summed E-state index contributed by atoms with van der Waals surface area (Å²) < 4.78 is 12.2. The zero-order chi connectivity index (χ0) is 17.4. The predicted octanol–water partition coefficient (Wildman–Crippen LogP) is 2.00. The lowest BCUT2D eigenvalue weighted by Crippen LogP contribution is -2.42. The van der Waals surface area contributed by atoms with Gasteiger partial charge in [-0.15, -0.1) is 0 Å². The van der Waals surface area contributed by atoms with Crippen LogP contribution in [-0.2, 0) is 26.8 Å². The van der Waals surface area contributed by atoms with Gasteiger partial charge in [-0.05, 0) is 24.1 Å². The van der Waals surface area contributed by atoms with Gasteiger partial charge >= 0.3 is 5.97 Å². The molecule has 0 radical (unpaired) electrons. The molecular weight excluding hydrogens is 326 g/mol. The molecule has 2 aromatic carbocycles. The molecule has 0 heterocycles. The van der Waals surface area contributed by atoms with Gasteiger partial charge in [0.15, 0.2) is 0 Å². The summed E-state index contributed by atoms with van der Waals surface area (Å²) in [6.07, 6.45) is 0.226. The average molecular weight is 345 g/mol. The van der Waals surface area contributed by atoms with E-state index in [1.54, 1.807) is 36.4 Å². The van der Waals surface area contributed by atoms with Crippen LogP contribution in [-0.4, -0.2) is 33.0 Å². The first-order valence-electron chi connectivity index (χ1n) is 7.56. The number of hydrogen-bond acceptors (Lipinski definition) is 3. The van der Waals surface area contributed by atoms with E-state index in [1.807, 2.05) is 24.3 Å². The molecule has 0 spiro atoms. The van der Waals surface area contributed by atoms with Crippen LogP contribution in [0.2, 0.25) is 0 Å². The fourth-order valence-electron chi connectivity index (χ4n) is 2.20. The molecule has 0 saturated carbocycles. The van der Waals surface area contributed by atoms with Gasteiger partial charge in [-0.25, -0.2) is 4.79 Å². The van der Waals surface area contributed by atoms with Crippen molar-refractivity contribution in [2.75, 3.05) is 5.75 Å². The fourth-order valence-corrected chi connectivity index (χ4v) is 3.35. The molecule has 6 heteroatoms. The Morgan fingerprint density at radius 2 is 1.58 bits per heavy atom. The smallest absolute Gasteiger partial charge is 0.326 e. The van der Waals surface area contributed by atoms with Crippen molar-refractivity contribution in [1.29, 1.82) is 0 Å². The molecule has 0 aliphatic heterocycles. The van der Waals surface area contributed by atoms with Gasteiger partial charge in [0.25, 0.3) is 0 Å². The Labute approximate surface area is 143 Å². The predicted molar refractivity (Wildman–Crippen MR) is 92.0 cm³/mol. The number of hydrogen-bond donors (Lipinski definition) is 2. The molecular formula is C18H19NO4S. The molecule has 2 atom stereocenters.